The number of hydrogen-bond acceptors (Lipinski definition) is 4. The maximum Gasteiger partial charge on any atom is 0.280 e. The third kappa shape index (κ3) is 2.56. The zero-order chi connectivity index (χ0) is 11.6. The molecular formula is C7H5F2IN2O3. The van der Waals surface area contributed by atoms with Crippen LogP contribution >= 0.6 is 22.6 Å². The summed E-state index contributed by atoms with van der Waals surface area (Å²) in [5.74, 6) is 0. The number of aromatic nitrogens is 1. The summed E-state index contributed by atoms with van der Waals surface area (Å²) in [5.41, 5.74) is -1.25. The van der Waals surface area contributed by atoms with Crippen molar-refractivity contribution in [3.05, 3.63) is 31.1 Å². The fourth-order valence-electron chi connectivity index (χ4n) is 0.967. The molecule has 1 rings (SSSR count). The molecule has 5 nitrogen and oxygen atoms in total. The predicted molar refractivity (Wildman–Crippen MR) is 54.5 cm³/mol. The molecule has 0 aromatic carbocycles. The summed E-state index contributed by atoms with van der Waals surface area (Å²) in [6.45, 7) is -0.606. The number of halogens is 3. The van der Waals surface area contributed by atoms with E-state index in [4.69, 9.17) is 5.11 Å². The number of rotatable bonds is 3. The van der Waals surface area contributed by atoms with Gasteiger partial charge in [0, 0.05) is 6.07 Å². The molecule has 0 aliphatic carbocycles. The van der Waals surface area contributed by atoms with Gasteiger partial charge in [-0.2, -0.15) is 0 Å². The van der Waals surface area contributed by atoms with Crippen LogP contribution in [0.2, 0.25) is 0 Å². The van der Waals surface area contributed by atoms with Gasteiger partial charge in [0.15, 0.2) is 0 Å². The van der Waals surface area contributed by atoms with Crippen LogP contribution in [0.3, 0.4) is 0 Å². The average molecular weight is 330 g/mol. The molecule has 0 aliphatic rings. The zero-order valence-electron chi connectivity index (χ0n) is 7.15. The van der Waals surface area contributed by atoms with Crippen molar-refractivity contribution in [3.8, 4) is 0 Å². The smallest absolute Gasteiger partial charge is 0.280 e. The first-order valence-corrected chi connectivity index (χ1v) is 4.78. The van der Waals surface area contributed by atoms with E-state index in [1.54, 1.807) is 22.6 Å². The van der Waals surface area contributed by atoms with E-state index < -0.39 is 29.3 Å². The highest BCUT2D eigenvalue weighted by atomic mass is 127. The average Bonchev–Trinajstić information content (AvgIpc) is 2.16. The van der Waals surface area contributed by atoms with E-state index in [0.29, 0.717) is 6.07 Å². The van der Waals surface area contributed by atoms with E-state index in [1.807, 2.05) is 0 Å². The minimum Gasteiger partial charge on any atom is -0.391 e. The first-order chi connectivity index (χ1) is 6.97. The zero-order valence-corrected chi connectivity index (χ0v) is 9.31. The molecule has 0 saturated heterocycles. The lowest BCUT2D eigenvalue weighted by Crippen LogP contribution is -2.04. The normalized spacial score (nSPS) is 10.7. The maximum absolute atomic E-state index is 12.3. The molecule has 1 aromatic heterocycles. The van der Waals surface area contributed by atoms with Crippen LogP contribution in [0.1, 0.15) is 17.7 Å². The minimum atomic E-state index is -2.87. The number of aliphatic hydroxyl groups excluding tert-OH is 1. The van der Waals surface area contributed by atoms with Crippen molar-refractivity contribution >= 4 is 28.3 Å². The molecular weight excluding hydrogens is 325 g/mol. The molecule has 0 unspecified atom stereocenters. The molecule has 1 heterocycles. The number of alkyl halides is 2. The van der Waals surface area contributed by atoms with E-state index in [2.05, 4.69) is 4.98 Å². The van der Waals surface area contributed by atoms with Gasteiger partial charge in [-0.1, -0.05) is 0 Å². The van der Waals surface area contributed by atoms with Gasteiger partial charge in [-0.05, 0) is 22.6 Å². The van der Waals surface area contributed by atoms with Crippen LogP contribution in [0, 0.1) is 13.8 Å². The Kier molecular flexibility index (Phi) is 3.85. The van der Waals surface area contributed by atoms with Crippen LogP contribution in [0.25, 0.3) is 0 Å². The summed E-state index contributed by atoms with van der Waals surface area (Å²) in [5, 5.41) is 19.4. The molecule has 82 valence electrons. The van der Waals surface area contributed by atoms with Gasteiger partial charge in [-0.3, -0.25) is 10.1 Å². The quantitative estimate of drug-likeness (QED) is 0.398. The Morgan fingerprint density at radius 2 is 2.27 bits per heavy atom. The Labute approximate surface area is 96.4 Å². The number of nitro groups is 1. The second-order valence-corrected chi connectivity index (χ2v) is 3.57. The van der Waals surface area contributed by atoms with Gasteiger partial charge in [0.25, 0.3) is 12.1 Å². The molecule has 8 heteroatoms. The molecule has 0 aliphatic heterocycles. The van der Waals surface area contributed by atoms with Gasteiger partial charge >= 0.3 is 0 Å². The number of hydrogen-bond donors (Lipinski definition) is 1. The van der Waals surface area contributed by atoms with E-state index in [0.717, 1.165) is 0 Å². The van der Waals surface area contributed by atoms with Crippen molar-refractivity contribution in [1.82, 2.24) is 4.98 Å². The van der Waals surface area contributed by atoms with Gasteiger partial charge < -0.3 is 5.11 Å². The summed E-state index contributed by atoms with van der Waals surface area (Å²) < 4.78 is 24.6. The van der Waals surface area contributed by atoms with E-state index in [-0.39, 0.29) is 9.26 Å². The second-order valence-electron chi connectivity index (χ2n) is 2.55. The van der Waals surface area contributed by atoms with Crippen LogP contribution in [-0.2, 0) is 6.61 Å². The molecule has 1 N–H and O–H groups in total. The van der Waals surface area contributed by atoms with E-state index in [1.165, 1.54) is 0 Å². The Morgan fingerprint density at radius 1 is 1.67 bits per heavy atom. The molecule has 0 amide bonds. The number of nitrogens with zero attached hydrogens (tertiary/aromatic N) is 2. The second kappa shape index (κ2) is 4.75. The van der Waals surface area contributed by atoms with Gasteiger partial charge in [0.2, 0.25) is 0 Å². The van der Waals surface area contributed by atoms with Gasteiger partial charge in [-0.25, -0.2) is 13.8 Å². The molecule has 1 aromatic rings. The summed E-state index contributed by atoms with van der Waals surface area (Å²) in [7, 11) is 0. The Bertz CT molecular complexity index is 400. The van der Waals surface area contributed by atoms with Crippen molar-refractivity contribution in [2.24, 2.45) is 0 Å². The molecule has 0 bridgehead atoms. The van der Waals surface area contributed by atoms with Crippen molar-refractivity contribution in [2.45, 2.75) is 13.0 Å². The van der Waals surface area contributed by atoms with Crippen LogP contribution in [-0.4, -0.2) is 15.0 Å². The molecule has 0 radical (unpaired) electrons. The summed E-state index contributed by atoms with van der Waals surface area (Å²) in [4.78, 5) is 13.2. The highest BCUT2D eigenvalue weighted by Crippen LogP contribution is 2.27. The largest absolute Gasteiger partial charge is 0.391 e. The lowest BCUT2D eigenvalue weighted by Gasteiger charge is -2.05. The summed E-state index contributed by atoms with van der Waals surface area (Å²) >= 11 is 1.57. The minimum absolute atomic E-state index is 0.0135. The van der Waals surface area contributed by atoms with E-state index in [9.17, 15) is 18.9 Å². The monoisotopic (exact) mass is 330 g/mol. The van der Waals surface area contributed by atoms with Crippen LogP contribution in [0.15, 0.2) is 6.07 Å². The standard InChI is InChI=1S/C7H5F2IN2O3/c8-6(9)4-1-5(12(14)15)3(2-13)7(10)11-4/h1,6,13H,2H2. The van der Waals surface area contributed by atoms with Gasteiger partial charge in [-0.15, -0.1) is 0 Å². The van der Waals surface area contributed by atoms with Crippen molar-refractivity contribution < 1.29 is 18.8 Å². The van der Waals surface area contributed by atoms with Crippen molar-refractivity contribution in [1.29, 1.82) is 0 Å². The molecule has 0 fully saturated rings. The lowest BCUT2D eigenvalue weighted by molar-refractivity contribution is -0.386. The number of aliphatic hydroxyl groups is 1. The summed E-state index contributed by atoms with van der Waals surface area (Å²) in [6, 6.07) is 0.679. The van der Waals surface area contributed by atoms with E-state index >= 15 is 0 Å². The Morgan fingerprint density at radius 3 is 2.67 bits per heavy atom. The van der Waals surface area contributed by atoms with Gasteiger partial charge in [0.1, 0.15) is 9.39 Å². The Balaban J connectivity index is 3.38. The SMILES string of the molecule is O=[N+]([O-])c1cc(C(F)F)nc(I)c1CO. The van der Waals surface area contributed by atoms with Crippen LogP contribution in [0.5, 0.6) is 0 Å². The molecule has 0 spiro atoms. The molecule has 0 saturated carbocycles. The fraction of sp³-hybridized carbons (Fsp3) is 0.286. The lowest BCUT2D eigenvalue weighted by atomic mass is 10.2. The maximum atomic E-state index is 12.3. The topological polar surface area (TPSA) is 76.3 Å². The third-order valence-electron chi connectivity index (χ3n) is 1.65. The highest BCUT2D eigenvalue weighted by molar-refractivity contribution is 14.1. The van der Waals surface area contributed by atoms with Crippen molar-refractivity contribution in [3.63, 3.8) is 0 Å². The summed E-state index contributed by atoms with van der Waals surface area (Å²) in [6.07, 6.45) is -2.87. The first-order valence-electron chi connectivity index (χ1n) is 3.70. The van der Waals surface area contributed by atoms with Gasteiger partial charge in [0.05, 0.1) is 17.1 Å². The first kappa shape index (κ1) is 12.2. The highest BCUT2D eigenvalue weighted by Gasteiger charge is 2.22. The molecule has 15 heavy (non-hydrogen) atoms. The van der Waals surface area contributed by atoms with Crippen molar-refractivity contribution in [2.75, 3.05) is 0 Å². The predicted octanol–water partition coefficient (Wildman–Crippen LogP) is 2.02. The number of pyridine rings is 1. The fourth-order valence-corrected chi connectivity index (χ4v) is 1.69. The van der Waals surface area contributed by atoms with Crippen LogP contribution in [0.4, 0.5) is 14.5 Å². The Hall–Kier alpha value is -0.900. The third-order valence-corrected chi connectivity index (χ3v) is 2.54. The molecule has 0 atom stereocenters. The van der Waals surface area contributed by atoms with Crippen LogP contribution < -0.4 is 0 Å².